The SMILES string of the molecule is C=CCNC(=S)N/N=C\c1cc(Br)c(OCc2ccccc2)c(OC)c1. The highest BCUT2D eigenvalue weighted by Crippen LogP contribution is 2.36. The molecule has 0 aromatic heterocycles. The molecule has 0 bridgehead atoms. The maximum atomic E-state index is 5.91. The number of halogens is 1. The van der Waals surface area contributed by atoms with Crippen molar-refractivity contribution in [2.24, 2.45) is 5.10 Å². The van der Waals surface area contributed by atoms with Gasteiger partial charge in [0.1, 0.15) is 6.61 Å². The molecule has 5 nitrogen and oxygen atoms in total. The molecule has 136 valence electrons. The normalized spacial score (nSPS) is 10.4. The molecule has 2 aromatic rings. The number of benzene rings is 2. The van der Waals surface area contributed by atoms with Crippen LogP contribution in [0.3, 0.4) is 0 Å². The predicted molar refractivity (Wildman–Crippen MR) is 113 cm³/mol. The lowest BCUT2D eigenvalue weighted by Crippen LogP contribution is -2.31. The largest absolute Gasteiger partial charge is 0.493 e. The van der Waals surface area contributed by atoms with Crippen LogP contribution >= 0.6 is 28.1 Å². The van der Waals surface area contributed by atoms with Crippen molar-refractivity contribution >= 4 is 39.5 Å². The van der Waals surface area contributed by atoms with Crippen LogP contribution < -0.4 is 20.2 Å². The summed E-state index contributed by atoms with van der Waals surface area (Å²) in [5.74, 6) is 1.26. The lowest BCUT2D eigenvalue weighted by molar-refractivity contribution is 0.282. The molecule has 0 atom stereocenters. The zero-order valence-electron chi connectivity index (χ0n) is 14.4. The molecule has 0 aliphatic heterocycles. The molecule has 0 aliphatic carbocycles. The Kier molecular flexibility index (Phi) is 8.11. The molecule has 26 heavy (non-hydrogen) atoms. The number of ether oxygens (including phenoxy) is 2. The van der Waals surface area contributed by atoms with Crippen molar-refractivity contribution in [1.82, 2.24) is 10.7 Å². The first kappa shape index (κ1) is 19.9. The molecule has 2 N–H and O–H groups in total. The molecular weight excluding hydrogens is 414 g/mol. The van der Waals surface area contributed by atoms with Gasteiger partial charge in [-0.3, -0.25) is 5.43 Å². The van der Waals surface area contributed by atoms with E-state index in [1.165, 1.54) is 0 Å². The molecule has 0 spiro atoms. The molecule has 0 saturated heterocycles. The minimum absolute atomic E-state index is 0.426. The number of hydrogen-bond donors (Lipinski definition) is 2. The number of methoxy groups -OCH3 is 1. The van der Waals surface area contributed by atoms with Gasteiger partial charge in [0.2, 0.25) is 0 Å². The van der Waals surface area contributed by atoms with Crippen molar-refractivity contribution in [3.8, 4) is 11.5 Å². The Hall–Kier alpha value is -2.38. The summed E-state index contributed by atoms with van der Waals surface area (Å²) in [6.45, 7) is 4.64. The standard InChI is InChI=1S/C19H20BrN3O2S/c1-3-9-21-19(26)23-22-12-15-10-16(20)18(17(11-15)24-2)25-13-14-7-5-4-6-8-14/h3-8,10-12H,1,9,13H2,2H3,(H2,21,23,26)/b22-12-. The first-order valence-electron chi connectivity index (χ1n) is 7.86. The van der Waals surface area contributed by atoms with Gasteiger partial charge in [0.15, 0.2) is 16.6 Å². The van der Waals surface area contributed by atoms with E-state index in [0.717, 1.165) is 15.6 Å². The number of nitrogens with one attached hydrogen (secondary N) is 2. The molecule has 2 aromatic carbocycles. The Balaban J connectivity index is 2.05. The van der Waals surface area contributed by atoms with Crippen molar-refractivity contribution in [1.29, 1.82) is 0 Å². The van der Waals surface area contributed by atoms with Crippen molar-refractivity contribution in [2.75, 3.05) is 13.7 Å². The first-order chi connectivity index (χ1) is 12.6. The fourth-order valence-electron chi connectivity index (χ4n) is 2.05. The third-order valence-electron chi connectivity index (χ3n) is 3.26. The van der Waals surface area contributed by atoms with Crippen LogP contribution in [0.5, 0.6) is 11.5 Å². The van der Waals surface area contributed by atoms with Gasteiger partial charge in [-0.05, 0) is 51.4 Å². The van der Waals surface area contributed by atoms with Gasteiger partial charge in [0.05, 0.1) is 17.8 Å². The molecule has 7 heteroatoms. The third-order valence-corrected chi connectivity index (χ3v) is 4.09. The monoisotopic (exact) mass is 433 g/mol. The van der Waals surface area contributed by atoms with E-state index in [1.807, 2.05) is 42.5 Å². The van der Waals surface area contributed by atoms with Gasteiger partial charge in [0.25, 0.3) is 0 Å². The van der Waals surface area contributed by atoms with Crippen LogP contribution in [0.4, 0.5) is 0 Å². The van der Waals surface area contributed by atoms with Crippen LogP contribution in [-0.2, 0) is 6.61 Å². The smallest absolute Gasteiger partial charge is 0.187 e. The summed E-state index contributed by atoms with van der Waals surface area (Å²) in [7, 11) is 1.60. The van der Waals surface area contributed by atoms with E-state index >= 15 is 0 Å². The van der Waals surface area contributed by atoms with Crippen LogP contribution in [0.1, 0.15) is 11.1 Å². The lowest BCUT2D eigenvalue weighted by atomic mass is 10.2. The van der Waals surface area contributed by atoms with E-state index in [2.05, 4.69) is 38.4 Å². The maximum Gasteiger partial charge on any atom is 0.187 e. The zero-order chi connectivity index (χ0) is 18.8. The van der Waals surface area contributed by atoms with Crippen LogP contribution in [0.2, 0.25) is 0 Å². The fourth-order valence-corrected chi connectivity index (χ4v) is 2.76. The highest BCUT2D eigenvalue weighted by Gasteiger charge is 2.11. The Labute approximate surface area is 167 Å². The molecule has 0 amide bonds. The van der Waals surface area contributed by atoms with E-state index in [-0.39, 0.29) is 0 Å². The number of nitrogens with zero attached hydrogens (tertiary/aromatic N) is 1. The van der Waals surface area contributed by atoms with E-state index in [0.29, 0.717) is 29.8 Å². The van der Waals surface area contributed by atoms with Gasteiger partial charge in [-0.15, -0.1) is 6.58 Å². The molecule has 0 radical (unpaired) electrons. The summed E-state index contributed by atoms with van der Waals surface area (Å²) in [4.78, 5) is 0. The van der Waals surface area contributed by atoms with Crippen LogP contribution in [0.15, 0.2) is 64.7 Å². The maximum absolute atomic E-state index is 5.91. The molecule has 0 saturated carbocycles. The first-order valence-corrected chi connectivity index (χ1v) is 9.06. The van der Waals surface area contributed by atoms with Gasteiger partial charge in [-0.2, -0.15) is 5.10 Å². The number of rotatable bonds is 8. The highest BCUT2D eigenvalue weighted by atomic mass is 79.9. The summed E-state index contributed by atoms with van der Waals surface area (Å²) >= 11 is 8.60. The zero-order valence-corrected chi connectivity index (χ0v) is 16.8. The quantitative estimate of drug-likeness (QED) is 0.285. The van der Waals surface area contributed by atoms with Gasteiger partial charge < -0.3 is 14.8 Å². The fraction of sp³-hybridized carbons (Fsp3) is 0.158. The van der Waals surface area contributed by atoms with Gasteiger partial charge >= 0.3 is 0 Å². The third kappa shape index (κ3) is 6.16. The van der Waals surface area contributed by atoms with Gasteiger partial charge in [-0.25, -0.2) is 0 Å². The van der Waals surface area contributed by atoms with Crippen LogP contribution in [-0.4, -0.2) is 25.0 Å². The van der Waals surface area contributed by atoms with Crippen LogP contribution in [0.25, 0.3) is 0 Å². The van der Waals surface area contributed by atoms with Crippen molar-refractivity contribution in [2.45, 2.75) is 6.61 Å². The second-order valence-electron chi connectivity index (χ2n) is 5.18. The minimum Gasteiger partial charge on any atom is -0.493 e. The number of hydrazone groups is 1. The summed E-state index contributed by atoms with van der Waals surface area (Å²) in [6, 6.07) is 13.7. The summed E-state index contributed by atoms with van der Waals surface area (Å²) in [5, 5.41) is 7.46. The van der Waals surface area contributed by atoms with E-state index < -0.39 is 0 Å². The minimum atomic E-state index is 0.426. The van der Waals surface area contributed by atoms with Crippen LogP contribution in [0, 0.1) is 0 Å². The number of thiocarbonyl (C=S) groups is 1. The second-order valence-corrected chi connectivity index (χ2v) is 6.44. The molecule has 0 heterocycles. The summed E-state index contributed by atoms with van der Waals surface area (Å²) in [6.07, 6.45) is 3.37. The summed E-state index contributed by atoms with van der Waals surface area (Å²) < 4.78 is 12.1. The van der Waals surface area contributed by atoms with Gasteiger partial charge in [0, 0.05) is 6.54 Å². The van der Waals surface area contributed by atoms with E-state index in [1.54, 1.807) is 19.4 Å². The van der Waals surface area contributed by atoms with Crippen molar-refractivity contribution in [3.63, 3.8) is 0 Å². The van der Waals surface area contributed by atoms with Crippen molar-refractivity contribution in [3.05, 3.63) is 70.7 Å². The topological polar surface area (TPSA) is 54.9 Å². The molecular formula is C19H20BrN3O2S. The number of hydrogen-bond acceptors (Lipinski definition) is 4. The van der Waals surface area contributed by atoms with E-state index in [4.69, 9.17) is 21.7 Å². The Morgan fingerprint density at radius 3 is 2.77 bits per heavy atom. The van der Waals surface area contributed by atoms with E-state index in [9.17, 15) is 0 Å². The Morgan fingerprint density at radius 1 is 1.31 bits per heavy atom. The Bertz CT molecular complexity index is 782. The summed E-state index contributed by atoms with van der Waals surface area (Å²) in [5.41, 5.74) is 4.65. The van der Waals surface area contributed by atoms with Gasteiger partial charge in [-0.1, -0.05) is 36.4 Å². The Morgan fingerprint density at radius 2 is 2.08 bits per heavy atom. The average Bonchev–Trinajstić information content (AvgIpc) is 2.66. The molecule has 2 rings (SSSR count). The van der Waals surface area contributed by atoms with Crippen molar-refractivity contribution < 1.29 is 9.47 Å². The predicted octanol–water partition coefficient (Wildman–Crippen LogP) is 4.02. The molecule has 0 aliphatic rings. The second kappa shape index (κ2) is 10.6. The highest BCUT2D eigenvalue weighted by molar-refractivity contribution is 9.10. The molecule has 0 fully saturated rings. The lowest BCUT2D eigenvalue weighted by Gasteiger charge is -2.13. The average molecular weight is 434 g/mol. The molecule has 0 unspecified atom stereocenters.